The van der Waals surface area contributed by atoms with E-state index in [-0.39, 0.29) is 25.8 Å². The van der Waals surface area contributed by atoms with E-state index in [0.717, 1.165) is 51.4 Å². The SMILES string of the molecule is CCC/C=C\CCCCCCCC(=O)OC(COCCCCCCCC/C=C\CCCCCCC)COP(=O)([O-])OCC[N+](C)(C)C. The largest absolute Gasteiger partial charge is 0.756 e. The van der Waals surface area contributed by atoms with E-state index in [1.165, 1.54) is 83.5 Å². The van der Waals surface area contributed by atoms with E-state index in [1.807, 2.05) is 21.1 Å². The Hall–Kier alpha value is -1.02. The molecule has 0 fully saturated rings. The van der Waals surface area contributed by atoms with Gasteiger partial charge in [-0.3, -0.25) is 9.36 Å². The summed E-state index contributed by atoms with van der Waals surface area (Å²) in [6.07, 6.45) is 33.3. The number of unbranched alkanes of at least 4 members (excludes halogenated alkanes) is 17. The van der Waals surface area contributed by atoms with Crippen molar-refractivity contribution in [2.24, 2.45) is 0 Å². The van der Waals surface area contributed by atoms with Crippen LogP contribution in [0.5, 0.6) is 0 Å². The summed E-state index contributed by atoms with van der Waals surface area (Å²) in [5.74, 6) is -0.349. The summed E-state index contributed by atoms with van der Waals surface area (Å²) in [6.45, 7) is 5.31. The molecule has 0 aliphatic carbocycles. The molecule has 0 aromatic rings. The van der Waals surface area contributed by atoms with Crippen LogP contribution in [0.25, 0.3) is 0 Å². The first kappa shape index (κ1) is 46.0. The van der Waals surface area contributed by atoms with Crippen molar-refractivity contribution in [2.45, 2.75) is 161 Å². The first-order valence-electron chi connectivity index (χ1n) is 19.1. The van der Waals surface area contributed by atoms with Crippen LogP contribution in [0.3, 0.4) is 0 Å². The van der Waals surface area contributed by atoms with Crippen LogP contribution < -0.4 is 4.89 Å². The fourth-order valence-corrected chi connectivity index (χ4v) is 5.68. The van der Waals surface area contributed by atoms with Crippen LogP contribution in [0, 0.1) is 0 Å². The fourth-order valence-electron chi connectivity index (χ4n) is 4.95. The van der Waals surface area contributed by atoms with Gasteiger partial charge in [0.25, 0.3) is 7.82 Å². The van der Waals surface area contributed by atoms with E-state index in [1.54, 1.807) is 0 Å². The van der Waals surface area contributed by atoms with Crippen LogP contribution in [-0.2, 0) is 27.9 Å². The molecule has 0 saturated heterocycles. The molecule has 9 heteroatoms. The second-order valence-corrected chi connectivity index (χ2v) is 15.3. The first-order valence-corrected chi connectivity index (χ1v) is 20.5. The van der Waals surface area contributed by atoms with Gasteiger partial charge in [0, 0.05) is 13.0 Å². The Morgan fingerprint density at radius 2 is 1.15 bits per heavy atom. The number of allylic oxidation sites excluding steroid dienone is 4. The van der Waals surface area contributed by atoms with Gasteiger partial charge < -0.3 is 27.9 Å². The van der Waals surface area contributed by atoms with Crippen LogP contribution in [0.2, 0.25) is 0 Å². The zero-order chi connectivity index (χ0) is 34.9. The molecule has 0 aliphatic heterocycles. The van der Waals surface area contributed by atoms with Crippen molar-refractivity contribution in [2.75, 3.05) is 54.1 Å². The highest BCUT2D eigenvalue weighted by atomic mass is 31.2. The highest BCUT2D eigenvalue weighted by Crippen LogP contribution is 2.38. The standard InChI is InChI=1S/C38H74NO7P/c1-6-8-10-12-14-16-18-19-20-21-22-24-26-28-30-33-43-35-37(36-45-47(41,42)44-34-32-39(3,4)5)46-38(40)31-29-27-25-23-17-15-13-11-9-7-2/h11,13,18-19,37H,6-10,12,14-17,20-36H2,1-5H3/b13-11-,19-18-. The van der Waals surface area contributed by atoms with Gasteiger partial charge in [-0.1, -0.05) is 115 Å². The Labute approximate surface area is 290 Å². The minimum atomic E-state index is -4.52. The highest BCUT2D eigenvalue weighted by molar-refractivity contribution is 7.45. The Kier molecular flexibility index (Phi) is 31.5. The molecule has 0 N–H and O–H groups in total. The average molecular weight is 688 g/mol. The molecule has 0 spiro atoms. The van der Waals surface area contributed by atoms with Crippen LogP contribution in [0.4, 0.5) is 0 Å². The van der Waals surface area contributed by atoms with Crippen LogP contribution in [0.15, 0.2) is 24.3 Å². The lowest BCUT2D eigenvalue weighted by molar-refractivity contribution is -0.870. The molecule has 0 radical (unpaired) electrons. The number of likely N-dealkylation sites (N-methyl/N-ethyl adjacent to an activating group) is 1. The van der Waals surface area contributed by atoms with E-state index >= 15 is 0 Å². The van der Waals surface area contributed by atoms with E-state index in [2.05, 4.69) is 38.2 Å². The third kappa shape index (κ3) is 36.1. The van der Waals surface area contributed by atoms with Crippen molar-refractivity contribution in [3.05, 3.63) is 24.3 Å². The summed E-state index contributed by atoms with van der Waals surface area (Å²) in [4.78, 5) is 24.8. The number of phosphoric ester groups is 1. The topological polar surface area (TPSA) is 94.1 Å². The molecule has 278 valence electrons. The highest BCUT2D eigenvalue weighted by Gasteiger charge is 2.20. The number of rotatable bonds is 35. The molecule has 0 aliphatic rings. The van der Waals surface area contributed by atoms with Crippen molar-refractivity contribution >= 4 is 13.8 Å². The first-order chi connectivity index (χ1) is 22.6. The van der Waals surface area contributed by atoms with Crippen molar-refractivity contribution in [3.63, 3.8) is 0 Å². The lowest BCUT2D eigenvalue weighted by Crippen LogP contribution is -2.37. The van der Waals surface area contributed by atoms with Crippen LogP contribution in [0.1, 0.15) is 155 Å². The second kappa shape index (κ2) is 32.2. The number of hydrogen-bond acceptors (Lipinski definition) is 7. The quantitative estimate of drug-likeness (QED) is 0.0215. The number of quaternary nitrogens is 1. The maximum Gasteiger partial charge on any atom is 0.306 e. The summed E-state index contributed by atoms with van der Waals surface area (Å²) in [6, 6.07) is 0. The third-order valence-corrected chi connectivity index (χ3v) is 8.92. The third-order valence-electron chi connectivity index (χ3n) is 7.96. The molecular weight excluding hydrogens is 613 g/mol. The molecule has 47 heavy (non-hydrogen) atoms. The van der Waals surface area contributed by atoms with Crippen molar-refractivity contribution < 1.29 is 37.3 Å². The molecule has 0 bridgehead atoms. The zero-order valence-electron chi connectivity index (χ0n) is 31.2. The summed E-state index contributed by atoms with van der Waals surface area (Å²) in [7, 11) is 1.35. The molecule has 0 heterocycles. The lowest BCUT2D eigenvalue weighted by atomic mass is 10.1. The molecule has 0 aromatic carbocycles. The molecular formula is C38H74NO7P. The molecule has 8 nitrogen and oxygen atoms in total. The van der Waals surface area contributed by atoms with E-state index in [4.69, 9.17) is 18.5 Å². The maximum absolute atomic E-state index is 12.6. The predicted molar refractivity (Wildman–Crippen MR) is 194 cm³/mol. The Morgan fingerprint density at radius 3 is 1.70 bits per heavy atom. The molecule has 0 aromatic heterocycles. The number of hydrogen-bond donors (Lipinski definition) is 0. The van der Waals surface area contributed by atoms with Crippen LogP contribution in [-0.4, -0.2) is 70.7 Å². The van der Waals surface area contributed by atoms with Gasteiger partial charge in [-0.25, -0.2) is 0 Å². The molecule has 2 atom stereocenters. The summed E-state index contributed by atoms with van der Waals surface area (Å²) >= 11 is 0. The number of carbonyl (C=O) groups excluding carboxylic acids is 1. The monoisotopic (exact) mass is 688 g/mol. The summed E-state index contributed by atoms with van der Waals surface area (Å²) in [5.41, 5.74) is 0. The van der Waals surface area contributed by atoms with Gasteiger partial charge in [-0.05, 0) is 57.8 Å². The zero-order valence-corrected chi connectivity index (χ0v) is 32.1. The molecule has 2 unspecified atom stereocenters. The molecule has 0 saturated carbocycles. The van der Waals surface area contributed by atoms with Crippen LogP contribution >= 0.6 is 7.82 Å². The van der Waals surface area contributed by atoms with E-state index in [9.17, 15) is 14.3 Å². The Bertz CT molecular complexity index is 812. The smallest absolute Gasteiger partial charge is 0.306 e. The van der Waals surface area contributed by atoms with Gasteiger partial charge in [0.1, 0.15) is 19.3 Å². The number of esters is 1. The van der Waals surface area contributed by atoms with Crippen molar-refractivity contribution in [3.8, 4) is 0 Å². The second-order valence-electron chi connectivity index (χ2n) is 13.9. The van der Waals surface area contributed by atoms with Gasteiger partial charge in [-0.15, -0.1) is 0 Å². The lowest BCUT2D eigenvalue weighted by Gasteiger charge is -2.28. The van der Waals surface area contributed by atoms with Gasteiger partial charge in [-0.2, -0.15) is 0 Å². The number of nitrogens with zero attached hydrogens (tertiary/aromatic N) is 1. The Morgan fingerprint density at radius 1 is 0.638 bits per heavy atom. The number of carbonyl (C=O) groups is 1. The minimum absolute atomic E-state index is 0.0240. The average Bonchev–Trinajstić information content (AvgIpc) is 3.01. The predicted octanol–water partition coefficient (Wildman–Crippen LogP) is 9.86. The number of ether oxygens (including phenoxy) is 2. The Balaban J connectivity index is 4.29. The maximum atomic E-state index is 12.6. The van der Waals surface area contributed by atoms with Gasteiger partial charge in [0.05, 0.1) is 34.4 Å². The summed E-state index contributed by atoms with van der Waals surface area (Å²) < 4.78 is 34.4. The number of phosphoric acid groups is 1. The summed E-state index contributed by atoms with van der Waals surface area (Å²) in [5, 5.41) is 0. The van der Waals surface area contributed by atoms with E-state index in [0.29, 0.717) is 24.1 Å². The van der Waals surface area contributed by atoms with E-state index < -0.39 is 13.9 Å². The molecule has 0 amide bonds. The van der Waals surface area contributed by atoms with Gasteiger partial charge >= 0.3 is 5.97 Å². The van der Waals surface area contributed by atoms with Gasteiger partial charge in [0.15, 0.2) is 0 Å². The van der Waals surface area contributed by atoms with Crippen molar-refractivity contribution in [1.29, 1.82) is 0 Å². The fraction of sp³-hybridized carbons (Fsp3) is 0.868. The molecule has 0 rings (SSSR count). The minimum Gasteiger partial charge on any atom is -0.756 e. The van der Waals surface area contributed by atoms with Crippen molar-refractivity contribution in [1.82, 2.24) is 0 Å². The normalized spacial score (nSPS) is 14.3. The van der Waals surface area contributed by atoms with Gasteiger partial charge in [0.2, 0.25) is 0 Å².